The number of rotatable bonds is 8. The fourth-order valence-electron chi connectivity index (χ4n) is 2.98. The van der Waals surface area contributed by atoms with Gasteiger partial charge in [-0.15, -0.1) is 0 Å². The molecule has 2 nitrogen and oxygen atoms in total. The molecule has 0 bridgehead atoms. The molecular formula is C24H25NO. The fourth-order valence-corrected chi connectivity index (χ4v) is 2.98. The predicted molar refractivity (Wildman–Crippen MR) is 110 cm³/mol. The Balaban J connectivity index is 1.89. The van der Waals surface area contributed by atoms with Crippen LogP contribution in [0, 0.1) is 0 Å². The van der Waals surface area contributed by atoms with Crippen LogP contribution >= 0.6 is 0 Å². The molecule has 0 aromatic heterocycles. The second kappa shape index (κ2) is 8.91. The lowest BCUT2D eigenvalue weighted by molar-refractivity contribution is 0.299. The van der Waals surface area contributed by atoms with E-state index < -0.39 is 0 Å². The predicted octanol–water partition coefficient (Wildman–Crippen LogP) is 5.90. The minimum Gasteiger partial charge on any atom is -0.494 e. The van der Waals surface area contributed by atoms with Crippen molar-refractivity contribution in [1.82, 2.24) is 0 Å². The molecule has 0 saturated carbocycles. The first-order valence-corrected chi connectivity index (χ1v) is 9.01. The molecule has 0 aliphatic heterocycles. The minimum atomic E-state index is 0.626. The average Bonchev–Trinajstić information content (AvgIpc) is 2.69. The molecule has 26 heavy (non-hydrogen) atoms. The van der Waals surface area contributed by atoms with Gasteiger partial charge in [0.2, 0.25) is 0 Å². The van der Waals surface area contributed by atoms with Gasteiger partial charge in [-0.25, -0.2) is 0 Å². The van der Waals surface area contributed by atoms with E-state index in [0.29, 0.717) is 12.4 Å². The maximum absolute atomic E-state index is 5.59. The number of anilines is 1. The molecule has 2 heteroatoms. The van der Waals surface area contributed by atoms with Crippen LogP contribution < -0.4 is 4.90 Å². The molecule has 0 atom stereocenters. The first-order valence-electron chi connectivity index (χ1n) is 9.01. The highest BCUT2D eigenvalue weighted by Gasteiger charge is 2.10. The molecule has 0 N–H and O–H groups in total. The standard InChI is InChI=1S/C24H25NO/c1-3-26-20(2)23-15-10-16-24(17-23)25(18-21-11-6-4-7-12-21)19-22-13-8-5-9-14-22/h4-17H,2-3,18-19H2,1H3. The van der Waals surface area contributed by atoms with E-state index in [-0.39, 0.29) is 0 Å². The van der Waals surface area contributed by atoms with Gasteiger partial charge in [-0.3, -0.25) is 0 Å². The summed E-state index contributed by atoms with van der Waals surface area (Å²) in [5, 5.41) is 0. The lowest BCUT2D eigenvalue weighted by Crippen LogP contribution is -2.22. The van der Waals surface area contributed by atoms with Crippen molar-refractivity contribution in [2.45, 2.75) is 20.0 Å². The zero-order valence-electron chi connectivity index (χ0n) is 15.3. The van der Waals surface area contributed by atoms with Crippen LogP contribution in [0.25, 0.3) is 5.76 Å². The number of hydrogen-bond donors (Lipinski definition) is 0. The van der Waals surface area contributed by atoms with Gasteiger partial charge in [0.25, 0.3) is 0 Å². The molecule has 0 spiro atoms. The topological polar surface area (TPSA) is 12.5 Å². The second-order valence-corrected chi connectivity index (χ2v) is 6.23. The quantitative estimate of drug-likeness (QED) is 0.472. The van der Waals surface area contributed by atoms with Gasteiger partial charge in [0.1, 0.15) is 5.76 Å². The highest BCUT2D eigenvalue weighted by atomic mass is 16.5. The van der Waals surface area contributed by atoms with E-state index in [1.807, 2.05) is 13.0 Å². The first-order chi connectivity index (χ1) is 12.8. The Morgan fingerprint density at radius 3 is 1.92 bits per heavy atom. The van der Waals surface area contributed by atoms with Crippen molar-refractivity contribution in [1.29, 1.82) is 0 Å². The monoisotopic (exact) mass is 343 g/mol. The lowest BCUT2D eigenvalue weighted by atomic mass is 10.1. The van der Waals surface area contributed by atoms with Gasteiger partial charge in [0, 0.05) is 24.3 Å². The molecule has 3 aromatic carbocycles. The Hall–Kier alpha value is -3.00. The fraction of sp³-hybridized carbons (Fsp3) is 0.167. The summed E-state index contributed by atoms with van der Waals surface area (Å²) in [6, 6.07) is 29.5. The van der Waals surface area contributed by atoms with Crippen molar-refractivity contribution in [3.8, 4) is 0 Å². The van der Waals surface area contributed by atoms with Crippen molar-refractivity contribution in [2.75, 3.05) is 11.5 Å². The molecule has 0 radical (unpaired) electrons. The third kappa shape index (κ3) is 4.76. The molecule has 0 fully saturated rings. The van der Waals surface area contributed by atoms with E-state index >= 15 is 0 Å². The smallest absolute Gasteiger partial charge is 0.119 e. The molecule has 0 amide bonds. The Morgan fingerprint density at radius 2 is 1.38 bits per heavy atom. The van der Waals surface area contributed by atoms with Crippen LogP contribution in [0.3, 0.4) is 0 Å². The molecule has 3 rings (SSSR count). The van der Waals surface area contributed by atoms with Crippen molar-refractivity contribution < 1.29 is 4.74 Å². The third-order valence-electron chi connectivity index (χ3n) is 4.28. The summed E-state index contributed by atoms with van der Waals surface area (Å²) in [6.45, 7) is 8.34. The van der Waals surface area contributed by atoms with Gasteiger partial charge in [0.15, 0.2) is 0 Å². The van der Waals surface area contributed by atoms with Crippen molar-refractivity contribution in [3.05, 3.63) is 108 Å². The van der Waals surface area contributed by atoms with Crippen molar-refractivity contribution >= 4 is 11.4 Å². The van der Waals surface area contributed by atoms with E-state index in [2.05, 4.69) is 90.3 Å². The minimum absolute atomic E-state index is 0.626. The summed E-state index contributed by atoms with van der Waals surface area (Å²) in [5.41, 5.74) is 4.77. The summed E-state index contributed by atoms with van der Waals surface area (Å²) in [6.07, 6.45) is 0. The zero-order chi connectivity index (χ0) is 18.2. The molecule has 3 aromatic rings. The van der Waals surface area contributed by atoms with Crippen molar-refractivity contribution in [2.24, 2.45) is 0 Å². The van der Waals surface area contributed by atoms with Crippen molar-refractivity contribution in [3.63, 3.8) is 0 Å². The van der Waals surface area contributed by atoms with E-state index in [4.69, 9.17) is 4.74 Å². The van der Waals surface area contributed by atoms with Crippen LogP contribution in [0.1, 0.15) is 23.6 Å². The zero-order valence-corrected chi connectivity index (χ0v) is 15.3. The largest absolute Gasteiger partial charge is 0.494 e. The third-order valence-corrected chi connectivity index (χ3v) is 4.28. The van der Waals surface area contributed by atoms with Crippen LogP contribution in [0.15, 0.2) is 91.5 Å². The van der Waals surface area contributed by atoms with Gasteiger partial charge in [-0.05, 0) is 30.2 Å². The van der Waals surface area contributed by atoms with Crippen LogP contribution in [-0.4, -0.2) is 6.61 Å². The van der Waals surface area contributed by atoms with E-state index in [9.17, 15) is 0 Å². The van der Waals surface area contributed by atoms with E-state index in [1.54, 1.807) is 0 Å². The maximum atomic E-state index is 5.59. The summed E-state index contributed by atoms with van der Waals surface area (Å²) in [5.74, 6) is 0.716. The van der Waals surface area contributed by atoms with Gasteiger partial charge in [0.05, 0.1) is 6.61 Å². The van der Waals surface area contributed by atoms with Crippen LogP contribution in [-0.2, 0) is 17.8 Å². The van der Waals surface area contributed by atoms with E-state index in [0.717, 1.165) is 24.3 Å². The van der Waals surface area contributed by atoms with Crippen LogP contribution in [0.5, 0.6) is 0 Å². The first kappa shape index (κ1) is 17.8. The number of ether oxygens (including phenoxy) is 1. The highest BCUT2D eigenvalue weighted by Crippen LogP contribution is 2.24. The molecular weight excluding hydrogens is 318 g/mol. The molecule has 0 aliphatic carbocycles. The lowest BCUT2D eigenvalue weighted by Gasteiger charge is -2.26. The maximum Gasteiger partial charge on any atom is 0.119 e. The van der Waals surface area contributed by atoms with Crippen LogP contribution in [0.4, 0.5) is 5.69 Å². The summed E-state index contributed by atoms with van der Waals surface area (Å²) in [7, 11) is 0. The van der Waals surface area contributed by atoms with Gasteiger partial charge in [-0.1, -0.05) is 79.4 Å². The molecule has 0 heterocycles. The number of nitrogens with zero attached hydrogens (tertiary/aromatic N) is 1. The Bertz CT molecular complexity index is 786. The second-order valence-electron chi connectivity index (χ2n) is 6.23. The molecule has 0 aliphatic rings. The van der Waals surface area contributed by atoms with E-state index in [1.165, 1.54) is 11.1 Å². The average molecular weight is 343 g/mol. The molecule has 132 valence electrons. The molecule has 0 saturated heterocycles. The Morgan fingerprint density at radius 1 is 0.808 bits per heavy atom. The van der Waals surface area contributed by atoms with Gasteiger partial charge < -0.3 is 9.64 Å². The SMILES string of the molecule is C=C(OCC)c1cccc(N(Cc2ccccc2)Cc2ccccc2)c1. The Kier molecular flexibility index (Phi) is 6.10. The highest BCUT2D eigenvalue weighted by molar-refractivity contribution is 5.63. The summed E-state index contributed by atoms with van der Waals surface area (Å²) >= 11 is 0. The van der Waals surface area contributed by atoms with Crippen LogP contribution in [0.2, 0.25) is 0 Å². The summed E-state index contributed by atoms with van der Waals surface area (Å²) < 4.78 is 5.59. The van der Waals surface area contributed by atoms with Gasteiger partial charge >= 0.3 is 0 Å². The number of hydrogen-bond acceptors (Lipinski definition) is 2. The summed E-state index contributed by atoms with van der Waals surface area (Å²) in [4.78, 5) is 2.38. The normalized spacial score (nSPS) is 10.3. The Labute approximate surface area is 156 Å². The molecule has 0 unspecified atom stereocenters. The van der Waals surface area contributed by atoms with Gasteiger partial charge in [-0.2, -0.15) is 0 Å². The number of benzene rings is 3.